The van der Waals surface area contributed by atoms with Gasteiger partial charge >= 0.3 is 5.97 Å². The first-order valence-corrected chi connectivity index (χ1v) is 12.3. The Morgan fingerprint density at radius 2 is 1.57 bits per heavy atom. The van der Waals surface area contributed by atoms with Crippen LogP contribution in [0.5, 0.6) is 0 Å². The molecule has 3 N–H and O–H groups in total. The number of carbonyl (C=O) groups excluding carboxylic acids is 1. The first-order valence-electron chi connectivity index (χ1n) is 12.3. The van der Waals surface area contributed by atoms with Gasteiger partial charge < -0.3 is 10.4 Å². The van der Waals surface area contributed by atoms with E-state index in [1.54, 1.807) is 24.3 Å². The third kappa shape index (κ3) is 5.96. The molecule has 2 fully saturated rings. The van der Waals surface area contributed by atoms with E-state index in [0.29, 0.717) is 25.7 Å². The summed E-state index contributed by atoms with van der Waals surface area (Å²) < 4.78 is 42.7. The maximum atomic E-state index is 14.5. The molecule has 0 bridgehead atoms. The fourth-order valence-corrected chi connectivity index (χ4v) is 4.57. The van der Waals surface area contributed by atoms with Crippen LogP contribution in [0.2, 0.25) is 0 Å². The van der Waals surface area contributed by atoms with Crippen molar-refractivity contribution in [3.05, 3.63) is 59.7 Å². The molecule has 2 atom stereocenters. The summed E-state index contributed by atoms with van der Waals surface area (Å²) >= 11 is 0. The number of benzene rings is 2. The summed E-state index contributed by atoms with van der Waals surface area (Å²) in [5.41, 5.74) is -1.07. The lowest BCUT2D eigenvalue weighted by atomic mass is 9.93. The predicted octanol–water partition coefficient (Wildman–Crippen LogP) is 5.04. The van der Waals surface area contributed by atoms with Crippen molar-refractivity contribution in [3.63, 3.8) is 0 Å². The normalized spacial score (nSPS) is 18.9. The third-order valence-corrected chi connectivity index (χ3v) is 7.17. The van der Waals surface area contributed by atoms with Crippen LogP contribution in [0.4, 0.5) is 13.2 Å². The Hall–Kier alpha value is -3.38. The van der Waals surface area contributed by atoms with Gasteiger partial charge in [-0.1, -0.05) is 48.5 Å². The quantitative estimate of drug-likeness (QED) is 0.391. The molecule has 0 saturated heterocycles. The molecule has 4 rings (SSSR count). The van der Waals surface area contributed by atoms with Gasteiger partial charge in [0, 0.05) is 6.42 Å². The van der Waals surface area contributed by atoms with Gasteiger partial charge in [0.15, 0.2) is 0 Å². The van der Waals surface area contributed by atoms with Crippen molar-refractivity contribution in [2.45, 2.75) is 81.1 Å². The van der Waals surface area contributed by atoms with Crippen LogP contribution in [-0.4, -0.2) is 40.7 Å². The van der Waals surface area contributed by atoms with Gasteiger partial charge in [0.25, 0.3) is 6.43 Å². The number of aliphatic carboxylic acids is 1. The fraction of sp³-hybridized carbons (Fsp3) is 0.464. The Balaban J connectivity index is 1.51. The summed E-state index contributed by atoms with van der Waals surface area (Å²) in [7, 11) is 0. The summed E-state index contributed by atoms with van der Waals surface area (Å²) in [4.78, 5) is 24.4. The molecular weight excluding hydrogens is 483 g/mol. The van der Waals surface area contributed by atoms with E-state index in [1.807, 2.05) is 18.2 Å². The summed E-state index contributed by atoms with van der Waals surface area (Å²) in [6.45, 7) is 2.54. The largest absolute Gasteiger partial charge is 0.481 e. The third-order valence-electron chi connectivity index (χ3n) is 7.17. The number of rotatable bonds is 11. The van der Waals surface area contributed by atoms with Crippen LogP contribution in [0.1, 0.15) is 63.1 Å². The van der Waals surface area contributed by atoms with Crippen LogP contribution in [-0.2, 0) is 15.0 Å². The molecular formula is C28H30F3N3O3. The van der Waals surface area contributed by atoms with Crippen LogP contribution in [0.15, 0.2) is 48.5 Å². The molecule has 2 aliphatic rings. The van der Waals surface area contributed by atoms with E-state index >= 15 is 0 Å². The molecule has 1 amide bonds. The molecule has 2 aromatic carbocycles. The number of halogens is 3. The zero-order chi connectivity index (χ0) is 27.0. The molecule has 2 aromatic rings. The Morgan fingerprint density at radius 3 is 1.97 bits per heavy atom. The van der Waals surface area contributed by atoms with Crippen molar-refractivity contribution in [2.24, 2.45) is 0 Å². The van der Waals surface area contributed by atoms with Crippen molar-refractivity contribution in [1.29, 1.82) is 5.26 Å². The fourth-order valence-electron chi connectivity index (χ4n) is 4.57. The highest BCUT2D eigenvalue weighted by Crippen LogP contribution is 2.48. The summed E-state index contributed by atoms with van der Waals surface area (Å²) in [6, 6.07) is 12.8. The van der Waals surface area contributed by atoms with E-state index < -0.39 is 47.0 Å². The number of amides is 1. The van der Waals surface area contributed by atoms with E-state index in [-0.39, 0.29) is 12.0 Å². The highest BCUT2D eigenvalue weighted by molar-refractivity contribution is 5.85. The molecule has 0 spiro atoms. The van der Waals surface area contributed by atoms with Gasteiger partial charge in [0.2, 0.25) is 5.91 Å². The van der Waals surface area contributed by atoms with Crippen molar-refractivity contribution in [2.75, 3.05) is 0 Å². The molecule has 0 aliphatic heterocycles. The summed E-state index contributed by atoms with van der Waals surface area (Å²) in [6.07, 6.45) is -1.06. The lowest BCUT2D eigenvalue weighted by Crippen LogP contribution is -2.52. The minimum absolute atomic E-state index is 0.231. The topological polar surface area (TPSA) is 102 Å². The molecule has 0 heterocycles. The van der Waals surface area contributed by atoms with Crippen molar-refractivity contribution in [1.82, 2.24) is 10.6 Å². The van der Waals surface area contributed by atoms with Gasteiger partial charge in [-0.25, -0.2) is 13.2 Å². The number of carboxylic acids is 1. The molecule has 0 radical (unpaired) electrons. The molecule has 0 aromatic heterocycles. The predicted molar refractivity (Wildman–Crippen MR) is 132 cm³/mol. The molecule has 6 nitrogen and oxygen atoms in total. The number of nitrogens with one attached hydrogen (secondary N) is 2. The second-order valence-corrected chi connectivity index (χ2v) is 10.7. The van der Waals surface area contributed by atoms with Gasteiger partial charge in [0.05, 0.1) is 23.6 Å². The average molecular weight is 514 g/mol. The van der Waals surface area contributed by atoms with Gasteiger partial charge in [-0.3, -0.25) is 14.9 Å². The Labute approximate surface area is 213 Å². The van der Waals surface area contributed by atoms with Crippen LogP contribution < -0.4 is 10.6 Å². The van der Waals surface area contributed by atoms with Crippen LogP contribution in [0, 0.1) is 11.3 Å². The monoisotopic (exact) mass is 513 g/mol. The first-order chi connectivity index (χ1) is 17.4. The Morgan fingerprint density at radius 1 is 1.03 bits per heavy atom. The lowest BCUT2D eigenvalue weighted by Gasteiger charge is -2.29. The van der Waals surface area contributed by atoms with E-state index in [0.717, 1.165) is 16.7 Å². The highest BCUT2D eigenvalue weighted by Gasteiger charge is 2.51. The smallest absolute Gasteiger partial charge is 0.314 e. The van der Waals surface area contributed by atoms with Crippen molar-refractivity contribution < 1.29 is 27.9 Å². The van der Waals surface area contributed by atoms with Gasteiger partial charge in [-0.2, -0.15) is 5.26 Å². The number of hydrogen-bond donors (Lipinski definition) is 3. The highest BCUT2D eigenvalue weighted by atomic mass is 19.3. The van der Waals surface area contributed by atoms with Crippen LogP contribution >= 0.6 is 0 Å². The molecule has 37 heavy (non-hydrogen) atoms. The minimum atomic E-state index is -2.88. The second kappa shape index (κ2) is 9.82. The molecule has 2 aliphatic carbocycles. The average Bonchev–Trinajstić information content (AvgIpc) is 3.77. The van der Waals surface area contributed by atoms with E-state index in [4.69, 9.17) is 0 Å². The van der Waals surface area contributed by atoms with Gasteiger partial charge in [-0.15, -0.1) is 0 Å². The Bertz CT molecular complexity index is 1190. The first kappa shape index (κ1) is 26.7. The maximum Gasteiger partial charge on any atom is 0.314 e. The SMILES string of the molecule is CC(C)(F)C[C@H](N[C@@H](c1ccc(-c2ccc(C3(C(=O)O)CC3)cc2)cc1)C(F)F)C(=O)NC1(C#N)CC1. The van der Waals surface area contributed by atoms with Crippen molar-refractivity contribution in [3.8, 4) is 17.2 Å². The number of carboxylic acid groups (broad SMARTS) is 1. The van der Waals surface area contributed by atoms with E-state index in [2.05, 4.69) is 10.6 Å². The number of nitriles is 1. The van der Waals surface area contributed by atoms with Crippen LogP contribution in [0.3, 0.4) is 0 Å². The van der Waals surface area contributed by atoms with Crippen LogP contribution in [0.25, 0.3) is 11.1 Å². The second-order valence-electron chi connectivity index (χ2n) is 10.7. The maximum absolute atomic E-state index is 14.5. The zero-order valence-corrected chi connectivity index (χ0v) is 20.7. The number of carbonyl (C=O) groups is 2. The standard InChI is InChI=1S/C28H30F3N3O3/c1-26(2,31)15-21(24(35)34-27(16-32)11-12-27)33-22(23(29)30)19-5-3-17(4-6-19)18-7-9-20(10-8-18)28(13-14-28)25(36)37/h3-10,21-23,33H,11-15H2,1-2H3,(H,34,35)(H,36,37)/t21-,22-/m0/s1. The number of alkyl halides is 3. The van der Waals surface area contributed by atoms with Gasteiger partial charge in [0.1, 0.15) is 11.2 Å². The zero-order valence-electron chi connectivity index (χ0n) is 20.7. The van der Waals surface area contributed by atoms with Gasteiger partial charge in [-0.05, 0) is 61.8 Å². The summed E-state index contributed by atoms with van der Waals surface area (Å²) in [5, 5.41) is 24.0. The summed E-state index contributed by atoms with van der Waals surface area (Å²) in [5.74, 6) is -1.51. The van der Waals surface area contributed by atoms with E-state index in [9.17, 15) is 33.1 Å². The van der Waals surface area contributed by atoms with Crippen molar-refractivity contribution >= 4 is 11.9 Å². The lowest BCUT2D eigenvalue weighted by molar-refractivity contribution is -0.140. The molecule has 196 valence electrons. The molecule has 9 heteroatoms. The Kier molecular flexibility index (Phi) is 7.08. The molecule has 2 saturated carbocycles. The molecule has 0 unspecified atom stereocenters. The number of hydrogen-bond acceptors (Lipinski definition) is 4. The number of nitrogens with zero attached hydrogens (tertiary/aromatic N) is 1. The van der Waals surface area contributed by atoms with E-state index in [1.165, 1.54) is 26.0 Å². The minimum Gasteiger partial charge on any atom is -0.481 e.